The second-order valence-electron chi connectivity index (χ2n) is 3.33. The van der Waals surface area contributed by atoms with Crippen LogP contribution in [0.5, 0.6) is 0 Å². The van der Waals surface area contributed by atoms with E-state index < -0.39 is 0 Å². The first-order valence-corrected chi connectivity index (χ1v) is 5.25. The second-order valence-corrected chi connectivity index (χ2v) is 4.18. The molecule has 70 valence electrons. The number of anilines is 1. The zero-order valence-corrected chi connectivity index (χ0v) is 8.84. The highest BCUT2D eigenvalue weighted by Crippen LogP contribution is 2.30. The van der Waals surface area contributed by atoms with Crippen molar-refractivity contribution >= 4 is 21.6 Å². The lowest BCUT2D eigenvalue weighted by atomic mass is 9.99. The van der Waals surface area contributed by atoms with Gasteiger partial charge in [0, 0.05) is 16.2 Å². The van der Waals surface area contributed by atoms with Crippen molar-refractivity contribution in [3.8, 4) is 0 Å². The fourth-order valence-corrected chi connectivity index (χ4v) is 2.26. The summed E-state index contributed by atoms with van der Waals surface area (Å²) in [6.45, 7) is 0.214. The van der Waals surface area contributed by atoms with Gasteiger partial charge in [0.05, 0.1) is 6.61 Å². The summed E-state index contributed by atoms with van der Waals surface area (Å²) in [7, 11) is 0. The Bertz CT molecular complexity index is 314. The smallest absolute Gasteiger partial charge is 0.0632 e. The molecule has 0 saturated heterocycles. The predicted molar refractivity (Wildman–Crippen MR) is 57.0 cm³/mol. The van der Waals surface area contributed by atoms with Gasteiger partial charge in [-0.25, -0.2) is 0 Å². The minimum atomic E-state index is 0.214. The average Bonchev–Trinajstić information content (AvgIpc) is 2.18. The van der Waals surface area contributed by atoms with Crippen LogP contribution in [0, 0.1) is 0 Å². The van der Waals surface area contributed by atoms with Gasteiger partial charge in [-0.1, -0.05) is 22.0 Å². The molecule has 0 radical (unpaired) electrons. The summed E-state index contributed by atoms with van der Waals surface area (Å²) in [5.74, 6) is 0. The predicted octanol–water partition coefficient (Wildman–Crippen LogP) is 2.17. The molecule has 1 atom stereocenters. The van der Waals surface area contributed by atoms with Crippen molar-refractivity contribution in [1.82, 2.24) is 0 Å². The Labute approximate surface area is 86.1 Å². The van der Waals surface area contributed by atoms with Crippen LogP contribution in [0.4, 0.5) is 5.69 Å². The maximum Gasteiger partial charge on any atom is 0.0632 e. The fraction of sp³-hybridized carbons (Fsp3) is 0.400. The van der Waals surface area contributed by atoms with E-state index in [9.17, 15) is 0 Å². The van der Waals surface area contributed by atoms with Crippen LogP contribution in [0.2, 0.25) is 0 Å². The summed E-state index contributed by atoms with van der Waals surface area (Å²) in [6, 6.07) is 6.35. The number of fused-ring (bicyclic) bond motifs is 1. The monoisotopic (exact) mass is 241 g/mol. The largest absolute Gasteiger partial charge is 0.394 e. The zero-order valence-electron chi connectivity index (χ0n) is 7.26. The van der Waals surface area contributed by atoms with Crippen LogP contribution in [-0.4, -0.2) is 17.8 Å². The first-order chi connectivity index (χ1) is 6.31. The quantitative estimate of drug-likeness (QED) is 0.790. The Morgan fingerprint density at radius 3 is 3.15 bits per heavy atom. The van der Waals surface area contributed by atoms with Gasteiger partial charge in [0.25, 0.3) is 0 Å². The van der Waals surface area contributed by atoms with E-state index in [0.717, 1.165) is 23.0 Å². The molecule has 0 aromatic heterocycles. The lowest BCUT2D eigenvalue weighted by Gasteiger charge is -2.26. The van der Waals surface area contributed by atoms with Crippen molar-refractivity contribution in [1.29, 1.82) is 0 Å². The molecule has 1 heterocycles. The van der Waals surface area contributed by atoms with Gasteiger partial charge in [-0.3, -0.25) is 0 Å². The van der Waals surface area contributed by atoms with Gasteiger partial charge in [0.15, 0.2) is 0 Å². The molecule has 0 fully saturated rings. The number of aliphatic hydroxyl groups excluding tert-OH is 1. The highest BCUT2D eigenvalue weighted by atomic mass is 79.9. The van der Waals surface area contributed by atoms with Crippen molar-refractivity contribution in [2.45, 2.75) is 18.9 Å². The minimum absolute atomic E-state index is 0.214. The number of aliphatic hydroxyl groups is 1. The molecule has 1 aromatic carbocycles. The van der Waals surface area contributed by atoms with E-state index >= 15 is 0 Å². The Morgan fingerprint density at radius 2 is 2.38 bits per heavy atom. The molecule has 0 spiro atoms. The van der Waals surface area contributed by atoms with Crippen LogP contribution in [0.1, 0.15) is 12.0 Å². The molecule has 2 rings (SSSR count). The Morgan fingerprint density at radius 1 is 1.54 bits per heavy atom. The molecule has 0 saturated carbocycles. The van der Waals surface area contributed by atoms with E-state index in [2.05, 4.69) is 33.4 Å². The van der Waals surface area contributed by atoms with Gasteiger partial charge >= 0.3 is 0 Å². The van der Waals surface area contributed by atoms with Crippen molar-refractivity contribution in [3.05, 3.63) is 28.2 Å². The average molecular weight is 242 g/mol. The molecular formula is C10H12BrNO. The topological polar surface area (TPSA) is 32.3 Å². The summed E-state index contributed by atoms with van der Waals surface area (Å²) < 4.78 is 1.16. The number of hydrogen-bond acceptors (Lipinski definition) is 2. The van der Waals surface area contributed by atoms with Gasteiger partial charge < -0.3 is 10.4 Å². The number of benzene rings is 1. The van der Waals surface area contributed by atoms with Crippen LogP contribution in [-0.2, 0) is 6.42 Å². The summed E-state index contributed by atoms with van der Waals surface area (Å²) in [5, 5.41) is 12.3. The Hall–Kier alpha value is -0.540. The van der Waals surface area contributed by atoms with Crippen LogP contribution < -0.4 is 5.32 Å². The van der Waals surface area contributed by atoms with Crippen molar-refractivity contribution in [2.75, 3.05) is 11.9 Å². The van der Waals surface area contributed by atoms with Crippen LogP contribution in [0.25, 0.3) is 0 Å². The summed E-state index contributed by atoms with van der Waals surface area (Å²) in [6.07, 6.45) is 2.04. The van der Waals surface area contributed by atoms with E-state index in [1.807, 2.05) is 6.07 Å². The normalized spacial score (nSPS) is 20.6. The number of halogens is 1. The molecule has 3 heteroatoms. The third-order valence-electron chi connectivity index (χ3n) is 2.44. The highest BCUT2D eigenvalue weighted by molar-refractivity contribution is 9.10. The molecule has 1 aliphatic heterocycles. The molecule has 0 bridgehead atoms. The van der Waals surface area contributed by atoms with Crippen LogP contribution in [0.3, 0.4) is 0 Å². The van der Waals surface area contributed by atoms with Crippen LogP contribution in [0.15, 0.2) is 22.7 Å². The van der Waals surface area contributed by atoms with Crippen molar-refractivity contribution in [2.24, 2.45) is 0 Å². The van der Waals surface area contributed by atoms with E-state index in [4.69, 9.17) is 5.11 Å². The lowest BCUT2D eigenvalue weighted by molar-refractivity contribution is 0.267. The highest BCUT2D eigenvalue weighted by Gasteiger charge is 2.17. The van der Waals surface area contributed by atoms with Crippen molar-refractivity contribution in [3.63, 3.8) is 0 Å². The lowest BCUT2D eigenvalue weighted by Crippen LogP contribution is -2.28. The van der Waals surface area contributed by atoms with E-state index in [1.165, 1.54) is 5.56 Å². The van der Waals surface area contributed by atoms with E-state index in [0.29, 0.717) is 0 Å². The Kier molecular flexibility index (Phi) is 2.56. The molecule has 0 aliphatic carbocycles. The third kappa shape index (κ3) is 1.71. The molecule has 1 aliphatic rings. The first-order valence-electron chi connectivity index (χ1n) is 4.46. The molecular weight excluding hydrogens is 230 g/mol. The van der Waals surface area contributed by atoms with Gasteiger partial charge in [-0.15, -0.1) is 0 Å². The molecule has 2 N–H and O–H groups in total. The Balaban J connectivity index is 2.31. The fourth-order valence-electron chi connectivity index (χ4n) is 1.70. The summed E-state index contributed by atoms with van der Waals surface area (Å²) >= 11 is 3.52. The third-order valence-corrected chi connectivity index (χ3v) is 3.18. The van der Waals surface area contributed by atoms with Gasteiger partial charge in [0.2, 0.25) is 0 Å². The maximum atomic E-state index is 9.01. The molecule has 0 amide bonds. The van der Waals surface area contributed by atoms with Gasteiger partial charge in [0.1, 0.15) is 0 Å². The van der Waals surface area contributed by atoms with E-state index in [-0.39, 0.29) is 12.6 Å². The summed E-state index contributed by atoms with van der Waals surface area (Å²) in [5.41, 5.74) is 2.48. The van der Waals surface area contributed by atoms with Crippen molar-refractivity contribution < 1.29 is 5.11 Å². The molecule has 0 unspecified atom stereocenters. The number of nitrogens with one attached hydrogen (secondary N) is 1. The SMILES string of the molecule is OC[C@@H]1CCc2c(Br)cccc2N1. The minimum Gasteiger partial charge on any atom is -0.394 e. The van der Waals surface area contributed by atoms with Gasteiger partial charge in [-0.05, 0) is 30.5 Å². The summed E-state index contributed by atoms with van der Waals surface area (Å²) in [4.78, 5) is 0. The van der Waals surface area contributed by atoms with Crippen LogP contribution >= 0.6 is 15.9 Å². The maximum absolute atomic E-state index is 9.01. The number of hydrogen-bond donors (Lipinski definition) is 2. The van der Waals surface area contributed by atoms with Gasteiger partial charge in [-0.2, -0.15) is 0 Å². The first kappa shape index (κ1) is 9.03. The number of rotatable bonds is 1. The standard InChI is InChI=1S/C10H12BrNO/c11-9-2-1-3-10-8(9)5-4-7(6-13)12-10/h1-3,7,12-13H,4-6H2/t7-/m0/s1. The molecule has 1 aromatic rings. The molecule has 2 nitrogen and oxygen atoms in total. The zero-order chi connectivity index (χ0) is 9.26. The second kappa shape index (κ2) is 3.68. The molecule has 13 heavy (non-hydrogen) atoms. The van der Waals surface area contributed by atoms with E-state index in [1.54, 1.807) is 0 Å².